The Labute approximate surface area is 90.0 Å². The highest BCUT2D eigenvalue weighted by Gasteiger charge is 2.04. The molecule has 1 aromatic rings. The SMILES string of the molecule is C[S+](C)/C=C(\O)c1cccc(Br)c1. The third kappa shape index (κ3) is 3.44. The van der Waals surface area contributed by atoms with Crippen molar-refractivity contribution in [2.75, 3.05) is 12.5 Å². The summed E-state index contributed by atoms with van der Waals surface area (Å²) in [6.45, 7) is 0. The zero-order chi connectivity index (χ0) is 9.84. The second-order valence-electron chi connectivity index (χ2n) is 2.89. The lowest BCUT2D eigenvalue weighted by Gasteiger charge is -1.98. The molecule has 0 aliphatic carbocycles. The fourth-order valence-corrected chi connectivity index (χ4v) is 1.92. The predicted octanol–water partition coefficient (Wildman–Crippen LogP) is 3.18. The second kappa shape index (κ2) is 4.72. The Morgan fingerprint density at radius 3 is 2.69 bits per heavy atom. The van der Waals surface area contributed by atoms with Crippen molar-refractivity contribution in [2.24, 2.45) is 0 Å². The molecule has 0 radical (unpaired) electrons. The van der Waals surface area contributed by atoms with Crippen molar-refractivity contribution in [3.63, 3.8) is 0 Å². The molecule has 0 fully saturated rings. The van der Waals surface area contributed by atoms with Crippen LogP contribution in [-0.4, -0.2) is 17.6 Å². The van der Waals surface area contributed by atoms with Gasteiger partial charge in [-0.25, -0.2) is 0 Å². The number of hydrogen-bond acceptors (Lipinski definition) is 1. The van der Waals surface area contributed by atoms with Crippen LogP contribution >= 0.6 is 15.9 Å². The van der Waals surface area contributed by atoms with E-state index in [4.69, 9.17) is 0 Å². The molecule has 0 unspecified atom stereocenters. The molecule has 3 heteroatoms. The third-order valence-corrected chi connectivity index (χ3v) is 2.66. The van der Waals surface area contributed by atoms with Gasteiger partial charge in [0, 0.05) is 20.9 Å². The maximum Gasteiger partial charge on any atom is 0.170 e. The van der Waals surface area contributed by atoms with E-state index in [1.54, 1.807) is 0 Å². The molecule has 1 aromatic carbocycles. The number of hydrogen-bond donors (Lipinski definition) is 1. The lowest BCUT2D eigenvalue weighted by Crippen LogP contribution is -1.91. The van der Waals surface area contributed by atoms with Crippen molar-refractivity contribution in [3.05, 3.63) is 39.7 Å². The van der Waals surface area contributed by atoms with Crippen LogP contribution in [0.3, 0.4) is 0 Å². The van der Waals surface area contributed by atoms with Gasteiger partial charge >= 0.3 is 0 Å². The van der Waals surface area contributed by atoms with E-state index >= 15 is 0 Å². The molecule has 1 rings (SSSR count). The van der Waals surface area contributed by atoms with Crippen molar-refractivity contribution in [1.82, 2.24) is 0 Å². The van der Waals surface area contributed by atoms with E-state index < -0.39 is 0 Å². The van der Waals surface area contributed by atoms with Gasteiger partial charge in [0.2, 0.25) is 0 Å². The highest BCUT2D eigenvalue weighted by molar-refractivity contribution is 9.10. The summed E-state index contributed by atoms with van der Waals surface area (Å²) in [4.78, 5) is 0. The fraction of sp³-hybridized carbons (Fsp3) is 0.200. The molecule has 0 amide bonds. The van der Waals surface area contributed by atoms with Crippen LogP contribution < -0.4 is 0 Å². The predicted molar refractivity (Wildman–Crippen MR) is 64.0 cm³/mol. The Hall–Kier alpha value is -0.410. The quantitative estimate of drug-likeness (QED) is 0.639. The minimum atomic E-state index is 0.120. The van der Waals surface area contributed by atoms with E-state index in [0.717, 1.165) is 10.0 Å². The topological polar surface area (TPSA) is 20.2 Å². The van der Waals surface area contributed by atoms with Crippen LogP contribution in [0.25, 0.3) is 5.76 Å². The summed E-state index contributed by atoms with van der Waals surface area (Å²) < 4.78 is 0.983. The second-order valence-corrected chi connectivity index (χ2v) is 5.80. The molecule has 0 aliphatic rings. The van der Waals surface area contributed by atoms with Gasteiger partial charge in [0.1, 0.15) is 12.5 Å². The van der Waals surface area contributed by atoms with Crippen LogP contribution in [-0.2, 0) is 10.9 Å². The van der Waals surface area contributed by atoms with Crippen LogP contribution in [0.5, 0.6) is 0 Å². The first kappa shape index (κ1) is 10.7. The molecule has 1 nitrogen and oxygen atoms in total. The first-order chi connectivity index (χ1) is 6.09. The molecular weight excluding hydrogens is 248 g/mol. The summed E-state index contributed by atoms with van der Waals surface area (Å²) in [7, 11) is 0.120. The summed E-state index contributed by atoms with van der Waals surface area (Å²) in [6, 6.07) is 7.64. The van der Waals surface area contributed by atoms with E-state index in [1.807, 2.05) is 29.7 Å². The van der Waals surface area contributed by atoms with E-state index in [-0.39, 0.29) is 10.9 Å². The zero-order valence-corrected chi connectivity index (χ0v) is 10.0. The molecule has 0 atom stereocenters. The Kier molecular flexibility index (Phi) is 3.88. The standard InChI is InChI=1S/C10H11BrOS/c1-13(2)7-10(12)8-4-3-5-9(11)6-8/h3-7H,1-2H3/p+1/b10-7-. The summed E-state index contributed by atoms with van der Waals surface area (Å²) in [5.74, 6) is 0.356. The van der Waals surface area contributed by atoms with Crippen molar-refractivity contribution in [1.29, 1.82) is 0 Å². The lowest BCUT2D eigenvalue weighted by atomic mass is 10.2. The van der Waals surface area contributed by atoms with Gasteiger partial charge in [0.15, 0.2) is 11.2 Å². The Bertz CT molecular complexity index is 320. The average Bonchev–Trinajstić information content (AvgIpc) is 2.03. The van der Waals surface area contributed by atoms with Gasteiger partial charge in [-0.3, -0.25) is 0 Å². The van der Waals surface area contributed by atoms with Gasteiger partial charge in [0.25, 0.3) is 0 Å². The molecule has 0 heterocycles. The highest BCUT2D eigenvalue weighted by Crippen LogP contribution is 2.17. The first-order valence-corrected chi connectivity index (χ1v) is 6.72. The summed E-state index contributed by atoms with van der Waals surface area (Å²) >= 11 is 3.36. The zero-order valence-electron chi connectivity index (χ0n) is 7.62. The molecule has 0 saturated heterocycles. The van der Waals surface area contributed by atoms with Gasteiger partial charge in [-0.2, -0.15) is 0 Å². The van der Waals surface area contributed by atoms with Gasteiger partial charge < -0.3 is 5.11 Å². The molecule has 1 N–H and O–H groups in total. The van der Waals surface area contributed by atoms with Gasteiger partial charge in [-0.1, -0.05) is 28.1 Å². The number of aliphatic hydroxyl groups excluding tert-OH is 1. The van der Waals surface area contributed by atoms with Gasteiger partial charge in [-0.05, 0) is 12.1 Å². The number of aliphatic hydroxyl groups is 1. The van der Waals surface area contributed by atoms with E-state index in [9.17, 15) is 5.11 Å². The maximum atomic E-state index is 9.66. The van der Waals surface area contributed by atoms with Crippen molar-refractivity contribution in [2.45, 2.75) is 0 Å². The fourth-order valence-electron chi connectivity index (χ4n) is 0.939. The van der Waals surface area contributed by atoms with Crippen LogP contribution in [0.4, 0.5) is 0 Å². The van der Waals surface area contributed by atoms with Crippen molar-refractivity contribution in [3.8, 4) is 0 Å². The van der Waals surface area contributed by atoms with Gasteiger partial charge in [-0.15, -0.1) is 0 Å². The number of benzene rings is 1. The highest BCUT2D eigenvalue weighted by atomic mass is 79.9. The molecule has 0 spiro atoms. The summed E-state index contributed by atoms with van der Waals surface area (Å²) in [5, 5.41) is 11.5. The minimum absolute atomic E-state index is 0.120. The molecule has 0 bridgehead atoms. The Balaban J connectivity index is 2.95. The molecule has 0 saturated carbocycles. The van der Waals surface area contributed by atoms with Crippen molar-refractivity contribution < 1.29 is 5.11 Å². The summed E-state index contributed by atoms with van der Waals surface area (Å²) in [6.07, 6.45) is 4.13. The molecule has 70 valence electrons. The lowest BCUT2D eigenvalue weighted by molar-refractivity contribution is 0.513. The van der Waals surface area contributed by atoms with Crippen LogP contribution in [0.2, 0.25) is 0 Å². The van der Waals surface area contributed by atoms with Crippen molar-refractivity contribution >= 4 is 32.6 Å². The maximum absolute atomic E-state index is 9.66. The number of halogens is 1. The molecule has 0 aliphatic heterocycles. The number of rotatable bonds is 2. The Morgan fingerprint density at radius 2 is 2.15 bits per heavy atom. The largest absolute Gasteiger partial charge is 0.503 e. The van der Waals surface area contributed by atoms with Crippen LogP contribution in [0.15, 0.2) is 34.1 Å². The monoisotopic (exact) mass is 259 g/mol. The van der Waals surface area contributed by atoms with E-state index in [2.05, 4.69) is 28.4 Å². The summed E-state index contributed by atoms with van der Waals surface area (Å²) in [5.41, 5.74) is 0.857. The average molecular weight is 260 g/mol. The smallest absolute Gasteiger partial charge is 0.170 e. The van der Waals surface area contributed by atoms with E-state index in [0.29, 0.717) is 5.76 Å². The molecule has 0 aromatic heterocycles. The Morgan fingerprint density at radius 1 is 1.46 bits per heavy atom. The van der Waals surface area contributed by atoms with Crippen LogP contribution in [0, 0.1) is 0 Å². The first-order valence-electron chi connectivity index (χ1n) is 3.82. The van der Waals surface area contributed by atoms with E-state index in [1.165, 1.54) is 0 Å². The molecular formula is C10H12BrOS+. The normalized spacial score (nSPS) is 12.2. The third-order valence-electron chi connectivity index (χ3n) is 1.47. The minimum Gasteiger partial charge on any atom is -0.503 e. The van der Waals surface area contributed by atoms with Crippen LogP contribution in [0.1, 0.15) is 5.56 Å². The molecule has 13 heavy (non-hydrogen) atoms. The van der Waals surface area contributed by atoms with Gasteiger partial charge in [0.05, 0.1) is 0 Å².